The van der Waals surface area contributed by atoms with Gasteiger partial charge in [-0.25, -0.2) is 0 Å². The minimum Gasteiger partial charge on any atom is -0.456 e. The van der Waals surface area contributed by atoms with E-state index in [1.54, 1.807) is 0 Å². The molecule has 0 aliphatic carbocycles. The van der Waals surface area contributed by atoms with E-state index in [9.17, 15) is 0 Å². The molecule has 3 heteroatoms. The fraction of sp³-hybridized carbons (Fsp3) is 0. The van der Waals surface area contributed by atoms with E-state index in [1.807, 2.05) is 12.1 Å². The highest BCUT2D eigenvalue weighted by atomic mass is 16.3. The molecule has 0 N–H and O–H groups in total. The summed E-state index contributed by atoms with van der Waals surface area (Å²) in [4.78, 5) is 0. The highest BCUT2D eigenvalue weighted by Gasteiger charge is 2.19. The van der Waals surface area contributed by atoms with Crippen molar-refractivity contribution in [3.8, 4) is 22.5 Å². The number of aromatic nitrogens is 2. The lowest BCUT2D eigenvalue weighted by Crippen LogP contribution is -1.95. The van der Waals surface area contributed by atoms with Crippen LogP contribution in [-0.4, -0.2) is 9.13 Å². The molecular formula is C42H26N2O. The fourth-order valence-corrected chi connectivity index (χ4v) is 7.27. The summed E-state index contributed by atoms with van der Waals surface area (Å²) in [5.41, 5.74) is 11.3. The summed E-state index contributed by atoms with van der Waals surface area (Å²) in [6.45, 7) is 0. The summed E-state index contributed by atoms with van der Waals surface area (Å²) in [6.07, 6.45) is 0. The summed E-state index contributed by atoms with van der Waals surface area (Å²) >= 11 is 0. The Morgan fingerprint density at radius 3 is 1.51 bits per heavy atom. The summed E-state index contributed by atoms with van der Waals surface area (Å²) in [6, 6.07) is 56.6. The van der Waals surface area contributed by atoms with E-state index in [0.717, 1.165) is 33.3 Å². The van der Waals surface area contributed by atoms with Crippen LogP contribution in [0, 0.1) is 0 Å². The third kappa shape index (κ3) is 3.52. The number of nitrogens with zero attached hydrogens (tertiary/aromatic N) is 2. The van der Waals surface area contributed by atoms with Crippen LogP contribution in [0.4, 0.5) is 0 Å². The van der Waals surface area contributed by atoms with Crippen LogP contribution in [0.5, 0.6) is 0 Å². The zero-order chi connectivity index (χ0) is 29.5. The van der Waals surface area contributed by atoms with Crippen molar-refractivity contribution in [3.05, 3.63) is 158 Å². The molecule has 3 nitrogen and oxygen atoms in total. The molecule has 0 unspecified atom stereocenters. The average molecular weight is 575 g/mol. The number of rotatable bonds is 3. The number of hydrogen-bond acceptors (Lipinski definition) is 1. The van der Waals surface area contributed by atoms with Gasteiger partial charge in [0.15, 0.2) is 0 Å². The van der Waals surface area contributed by atoms with Crippen molar-refractivity contribution in [2.75, 3.05) is 0 Å². The second-order valence-corrected chi connectivity index (χ2v) is 11.8. The lowest BCUT2D eigenvalue weighted by atomic mass is 10.1. The first-order valence-corrected chi connectivity index (χ1v) is 15.4. The van der Waals surface area contributed by atoms with Gasteiger partial charge in [0, 0.05) is 43.7 Å². The zero-order valence-electron chi connectivity index (χ0n) is 24.3. The number of benzene rings is 7. The summed E-state index contributed by atoms with van der Waals surface area (Å²) in [7, 11) is 0. The summed E-state index contributed by atoms with van der Waals surface area (Å²) in [5, 5.41) is 7.23. The quantitative estimate of drug-likeness (QED) is 0.206. The SMILES string of the molecule is c1ccc(-c2ccc(-n3c4ccccc4c4cc5c(cc43)c3ccccc3n5-c3ccc4oc5ccccc5c4c3)cc2)cc1. The zero-order valence-corrected chi connectivity index (χ0v) is 24.3. The van der Waals surface area contributed by atoms with Crippen molar-refractivity contribution in [2.45, 2.75) is 0 Å². The van der Waals surface area contributed by atoms with E-state index >= 15 is 0 Å². The molecule has 0 saturated carbocycles. The predicted molar refractivity (Wildman–Crippen MR) is 188 cm³/mol. The fourth-order valence-electron chi connectivity index (χ4n) is 7.27. The Hall–Kier alpha value is -6.06. The van der Waals surface area contributed by atoms with Gasteiger partial charge < -0.3 is 13.6 Å². The molecule has 0 aliphatic rings. The second-order valence-electron chi connectivity index (χ2n) is 11.8. The van der Waals surface area contributed by atoms with E-state index in [2.05, 4.69) is 155 Å². The molecule has 10 aromatic rings. The van der Waals surface area contributed by atoms with Gasteiger partial charge in [0.1, 0.15) is 11.2 Å². The van der Waals surface area contributed by atoms with Crippen molar-refractivity contribution in [1.29, 1.82) is 0 Å². The van der Waals surface area contributed by atoms with Crippen LogP contribution < -0.4 is 0 Å². The van der Waals surface area contributed by atoms with E-state index in [0.29, 0.717) is 0 Å². The van der Waals surface area contributed by atoms with Gasteiger partial charge in [-0.1, -0.05) is 97.1 Å². The molecule has 0 bridgehead atoms. The van der Waals surface area contributed by atoms with Gasteiger partial charge in [-0.2, -0.15) is 0 Å². The first-order chi connectivity index (χ1) is 22.3. The monoisotopic (exact) mass is 574 g/mol. The van der Waals surface area contributed by atoms with Crippen LogP contribution in [0.2, 0.25) is 0 Å². The molecule has 3 aromatic heterocycles. The van der Waals surface area contributed by atoms with Crippen LogP contribution in [0.1, 0.15) is 0 Å². The van der Waals surface area contributed by atoms with E-state index in [-0.39, 0.29) is 0 Å². The molecule has 0 aliphatic heterocycles. The largest absolute Gasteiger partial charge is 0.456 e. The Bertz CT molecular complexity index is 2740. The smallest absolute Gasteiger partial charge is 0.135 e. The number of para-hydroxylation sites is 3. The topological polar surface area (TPSA) is 23.0 Å². The Morgan fingerprint density at radius 2 is 0.822 bits per heavy atom. The van der Waals surface area contributed by atoms with Crippen LogP contribution in [0.25, 0.3) is 88.1 Å². The van der Waals surface area contributed by atoms with Gasteiger partial charge in [0.25, 0.3) is 0 Å². The molecule has 0 atom stereocenters. The highest BCUT2D eigenvalue weighted by Crippen LogP contribution is 2.40. The molecule has 0 radical (unpaired) electrons. The van der Waals surface area contributed by atoms with Crippen molar-refractivity contribution in [2.24, 2.45) is 0 Å². The maximum atomic E-state index is 6.17. The molecule has 7 aromatic carbocycles. The van der Waals surface area contributed by atoms with Crippen LogP contribution in [0.3, 0.4) is 0 Å². The molecule has 0 saturated heterocycles. The Morgan fingerprint density at radius 1 is 0.311 bits per heavy atom. The molecule has 3 heterocycles. The first-order valence-electron chi connectivity index (χ1n) is 15.4. The molecule has 210 valence electrons. The molecule has 45 heavy (non-hydrogen) atoms. The molecular weight excluding hydrogens is 548 g/mol. The second kappa shape index (κ2) is 9.22. The van der Waals surface area contributed by atoms with Gasteiger partial charge in [0.2, 0.25) is 0 Å². The van der Waals surface area contributed by atoms with Crippen LogP contribution in [-0.2, 0) is 0 Å². The van der Waals surface area contributed by atoms with Crippen molar-refractivity contribution < 1.29 is 4.42 Å². The highest BCUT2D eigenvalue weighted by molar-refractivity contribution is 6.19. The standard InChI is InChI=1S/C42H26N2O/c1-2-10-27(11-3-1)28-18-20-29(21-19-28)43-37-15-7-4-12-31(37)34-26-40-35(25-39(34)43)32-13-5-8-16-38(32)44(40)30-22-23-42-36(24-30)33-14-6-9-17-41(33)45-42/h1-26H. The molecule has 0 amide bonds. The normalized spacial score (nSPS) is 12.0. The van der Waals surface area contributed by atoms with Gasteiger partial charge in [-0.3, -0.25) is 0 Å². The van der Waals surface area contributed by atoms with Crippen molar-refractivity contribution >= 4 is 65.6 Å². The third-order valence-corrected chi connectivity index (χ3v) is 9.32. The van der Waals surface area contributed by atoms with Gasteiger partial charge in [0.05, 0.1) is 22.1 Å². The minimum absolute atomic E-state index is 0.907. The van der Waals surface area contributed by atoms with Crippen molar-refractivity contribution in [3.63, 3.8) is 0 Å². The average Bonchev–Trinajstić information content (AvgIpc) is 3.75. The maximum absolute atomic E-state index is 6.17. The lowest BCUT2D eigenvalue weighted by molar-refractivity contribution is 0.669. The Kier molecular flexibility index (Phi) is 5.00. The molecule has 0 spiro atoms. The third-order valence-electron chi connectivity index (χ3n) is 9.32. The minimum atomic E-state index is 0.907. The summed E-state index contributed by atoms with van der Waals surface area (Å²) < 4.78 is 11.0. The maximum Gasteiger partial charge on any atom is 0.135 e. The van der Waals surface area contributed by atoms with E-state index in [1.165, 1.54) is 54.7 Å². The number of fused-ring (bicyclic) bond motifs is 9. The van der Waals surface area contributed by atoms with Crippen molar-refractivity contribution in [1.82, 2.24) is 9.13 Å². The molecule has 0 fully saturated rings. The first kappa shape index (κ1) is 24.4. The van der Waals surface area contributed by atoms with Gasteiger partial charge >= 0.3 is 0 Å². The number of hydrogen-bond donors (Lipinski definition) is 0. The van der Waals surface area contributed by atoms with E-state index in [4.69, 9.17) is 4.42 Å². The van der Waals surface area contributed by atoms with Gasteiger partial charge in [-0.15, -0.1) is 0 Å². The Balaban J connectivity index is 1.25. The lowest BCUT2D eigenvalue weighted by Gasteiger charge is -2.10. The predicted octanol–water partition coefficient (Wildman–Crippen LogP) is 11.4. The number of furan rings is 1. The van der Waals surface area contributed by atoms with E-state index < -0.39 is 0 Å². The Labute approximate surface area is 258 Å². The van der Waals surface area contributed by atoms with Gasteiger partial charge in [-0.05, 0) is 71.8 Å². The van der Waals surface area contributed by atoms with Crippen LogP contribution in [0.15, 0.2) is 162 Å². The van der Waals surface area contributed by atoms with Crippen LogP contribution >= 0.6 is 0 Å². The molecule has 10 rings (SSSR count). The summed E-state index contributed by atoms with van der Waals surface area (Å²) in [5.74, 6) is 0.